The van der Waals surface area contributed by atoms with Crippen molar-refractivity contribution in [2.45, 2.75) is 39.5 Å². The summed E-state index contributed by atoms with van der Waals surface area (Å²) >= 11 is 0. The third-order valence-electron chi connectivity index (χ3n) is 2.67. The third kappa shape index (κ3) is 3.71. The van der Waals surface area contributed by atoms with Gasteiger partial charge in [-0.2, -0.15) is 5.26 Å². The summed E-state index contributed by atoms with van der Waals surface area (Å²) in [6, 6.07) is 8.78. The van der Waals surface area contributed by atoms with Crippen LogP contribution >= 0.6 is 0 Å². The molecule has 0 bridgehead atoms. The lowest BCUT2D eigenvalue weighted by Gasteiger charge is -2.10. The zero-order valence-electron chi connectivity index (χ0n) is 10.5. The number of nitrogens with zero attached hydrogens (tertiary/aromatic N) is 1. The molecule has 17 heavy (non-hydrogen) atoms. The Bertz CT molecular complexity index is 440. The zero-order chi connectivity index (χ0) is 12.7. The van der Waals surface area contributed by atoms with Gasteiger partial charge in [0.1, 0.15) is 5.82 Å². The summed E-state index contributed by atoms with van der Waals surface area (Å²) in [6.07, 6.45) is 3.49. The molecule has 0 aliphatic carbocycles. The number of allylic oxidation sites excluding steroid dienone is 2. The highest BCUT2D eigenvalue weighted by molar-refractivity contribution is 5.71. The van der Waals surface area contributed by atoms with Crippen LogP contribution < -0.4 is 0 Å². The van der Waals surface area contributed by atoms with E-state index >= 15 is 0 Å². The van der Waals surface area contributed by atoms with Crippen molar-refractivity contribution < 1.29 is 4.39 Å². The van der Waals surface area contributed by atoms with Gasteiger partial charge in [-0.25, -0.2) is 4.39 Å². The van der Waals surface area contributed by atoms with Crippen molar-refractivity contribution in [3.05, 3.63) is 41.2 Å². The standard InChI is InChI=1S/C15H18FN/c1-3-6-13(11-17)15(7-4-2)12-8-5-9-14(16)10-12/h5,8-10H,3-4,6-7H2,1-2H3/b15-13-. The molecular weight excluding hydrogens is 213 g/mol. The molecule has 0 spiro atoms. The van der Waals surface area contributed by atoms with Crippen molar-refractivity contribution in [1.82, 2.24) is 0 Å². The predicted molar refractivity (Wildman–Crippen MR) is 68.7 cm³/mol. The minimum Gasteiger partial charge on any atom is -0.207 e. The molecule has 0 radical (unpaired) electrons. The molecule has 0 atom stereocenters. The van der Waals surface area contributed by atoms with Crippen LogP contribution in [0.15, 0.2) is 29.8 Å². The van der Waals surface area contributed by atoms with Gasteiger partial charge in [0.15, 0.2) is 0 Å². The summed E-state index contributed by atoms with van der Waals surface area (Å²) in [5.41, 5.74) is 2.63. The van der Waals surface area contributed by atoms with E-state index in [1.807, 2.05) is 13.0 Å². The van der Waals surface area contributed by atoms with Gasteiger partial charge in [-0.15, -0.1) is 0 Å². The Hall–Kier alpha value is -1.62. The number of benzene rings is 1. The van der Waals surface area contributed by atoms with Crippen LogP contribution in [0.25, 0.3) is 5.57 Å². The van der Waals surface area contributed by atoms with Gasteiger partial charge in [0.2, 0.25) is 0 Å². The monoisotopic (exact) mass is 231 g/mol. The molecule has 0 aliphatic heterocycles. The number of hydrogen-bond donors (Lipinski definition) is 0. The highest BCUT2D eigenvalue weighted by Crippen LogP contribution is 2.26. The molecular formula is C15H18FN. The van der Waals surface area contributed by atoms with Gasteiger partial charge < -0.3 is 0 Å². The summed E-state index contributed by atoms with van der Waals surface area (Å²) in [4.78, 5) is 0. The fourth-order valence-corrected chi connectivity index (χ4v) is 1.92. The van der Waals surface area contributed by atoms with Crippen molar-refractivity contribution in [2.24, 2.45) is 0 Å². The van der Waals surface area contributed by atoms with Crippen LogP contribution in [-0.4, -0.2) is 0 Å². The van der Waals surface area contributed by atoms with Gasteiger partial charge in [0, 0.05) is 5.57 Å². The zero-order valence-corrected chi connectivity index (χ0v) is 10.5. The van der Waals surface area contributed by atoms with Crippen LogP contribution in [0.5, 0.6) is 0 Å². The lowest BCUT2D eigenvalue weighted by atomic mass is 9.94. The summed E-state index contributed by atoms with van der Waals surface area (Å²) in [6.45, 7) is 4.12. The highest BCUT2D eigenvalue weighted by atomic mass is 19.1. The molecule has 0 unspecified atom stereocenters. The van der Waals surface area contributed by atoms with Crippen LogP contribution in [0.2, 0.25) is 0 Å². The van der Waals surface area contributed by atoms with E-state index in [1.165, 1.54) is 12.1 Å². The topological polar surface area (TPSA) is 23.8 Å². The predicted octanol–water partition coefficient (Wildman–Crippen LogP) is 4.70. The second-order valence-electron chi connectivity index (χ2n) is 4.08. The third-order valence-corrected chi connectivity index (χ3v) is 2.67. The van der Waals surface area contributed by atoms with Gasteiger partial charge in [-0.05, 0) is 36.1 Å². The number of rotatable bonds is 5. The fourth-order valence-electron chi connectivity index (χ4n) is 1.92. The Morgan fingerprint density at radius 3 is 2.47 bits per heavy atom. The number of hydrogen-bond acceptors (Lipinski definition) is 1. The van der Waals surface area contributed by atoms with E-state index < -0.39 is 0 Å². The van der Waals surface area contributed by atoms with Crippen molar-refractivity contribution in [3.8, 4) is 6.07 Å². The van der Waals surface area contributed by atoms with Crippen LogP contribution in [0.3, 0.4) is 0 Å². The molecule has 0 aliphatic rings. The molecule has 0 aromatic heterocycles. The first-order valence-electron chi connectivity index (χ1n) is 6.11. The summed E-state index contributed by atoms with van der Waals surface area (Å²) in [5.74, 6) is -0.245. The Balaban J connectivity index is 3.20. The molecule has 1 aromatic carbocycles. The summed E-state index contributed by atoms with van der Waals surface area (Å²) in [7, 11) is 0. The van der Waals surface area contributed by atoms with E-state index in [9.17, 15) is 9.65 Å². The van der Waals surface area contributed by atoms with Gasteiger partial charge in [-0.3, -0.25) is 0 Å². The number of halogens is 1. The molecule has 0 N–H and O–H groups in total. The van der Waals surface area contributed by atoms with E-state index in [2.05, 4.69) is 13.0 Å². The Kier molecular flexibility index (Phi) is 5.42. The lowest BCUT2D eigenvalue weighted by molar-refractivity contribution is 0.627. The first-order valence-corrected chi connectivity index (χ1v) is 6.11. The summed E-state index contributed by atoms with van der Waals surface area (Å²) < 4.78 is 13.2. The molecule has 0 amide bonds. The maximum atomic E-state index is 13.2. The first-order chi connectivity index (χ1) is 8.22. The van der Waals surface area contributed by atoms with E-state index in [-0.39, 0.29) is 5.82 Å². The van der Waals surface area contributed by atoms with Gasteiger partial charge in [-0.1, -0.05) is 38.8 Å². The largest absolute Gasteiger partial charge is 0.207 e. The van der Waals surface area contributed by atoms with Crippen LogP contribution in [-0.2, 0) is 0 Å². The minimum absolute atomic E-state index is 0.245. The van der Waals surface area contributed by atoms with Crippen molar-refractivity contribution in [3.63, 3.8) is 0 Å². The molecule has 90 valence electrons. The van der Waals surface area contributed by atoms with Crippen LogP contribution in [0, 0.1) is 17.1 Å². The van der Waals surface area contributed by atoms with E-state index in [4.69, 9.17) is 0 Å². The normalized spacial score (nSPS) is 11.9. The highest BCUT2D eigenvalue weighted by Gasteiger charge is 2.08. The molecule has 0 heterocycles. The van der Waals surface area contributed by atoms with Crippen molar-refractivity contribution in [2.75, 3.05) is 0 Å². The Morgan fingerprint density at radius 2 is 1.94 bits per heavy atom. The van der Waals surface area contributed by atoms with Gasteiger partial charge in [0.25, 0.3) is 0 Å². The fraction of sp³-hybridized carbons (Fsp3) is 0.400. The smallest absolute Gasteiger partial charge is 0.123 e. The number of nitriles is 1. The lowest BCUT2D eigenvalue weighted by Crippen LogP contribution is -1.92. The molecule has 1 aromatic rings. The molecule has 0 saturated heterocycles. The average Bonchev–Trinajstić information content (AvgIpc) is 2.33. The molecule has 1 nitrogen and oxygen atoms in total. The van der Waals surface area contributed by atoms with Crippen LogP contribution in [0.4, 0.5) is 4.39 Å². The molecule has 0 saturated carbocycles. The maximum Gasteiger partial charge on any atom is 0.123 e. The van der Waals surface area contributed by atoms with E-state index in [0.29, 0.717) is 0 Å². The maximum absolute atomic E-state index is 13.2. The minimum atomic E-state index is -0.245. The molecule has 0 fully saturated rings. The van der Waals surface area contributed by atoms with Gasteiger partial charge >= 0.3 is 0 Å². The second kappa shape index (κ2) is 6.85. The Morgan fingerprint density at radius 1 is 1.24 bits per heavy atom. The van der Waals surface area contributed by atoms with Crippen molar-refractivity contribution >= 4 is 5.57 Å². The molecule has 1 rings (SSSR count). The van der Waals surface area contributed by atoms with E-state index in [1.54, 1.807) is 6.07 Å². The Labute approximate surface area is 103 Å². The van der Waals surface area contributed by atoms with E-state index in [0.717, 1.165) is 42.4 Å². The first kappa shape index (κ1) is 13.4. The van der Waals surface area contributed by atoms with Crippen molar-refractivity contribution in [1.29, 1.82) is 5.26 Å². The second-order valence-corrected chi connectivity index (χ2v) is 4.08. The average molecular weight is 231 g/mol. The summed E-state index contributed by atoms with van der Waals surface area (Å²) in [5, 5.41) is 9.18. The van der Waals surface area contributed by atoms with Gasteiger partial charge in [0.05, 0.1) is 6.07 Å². The van der Waals surface area contributed by atoms with Crippen LogP contribution in [0.1, 0.15) is 45.1 Å². The molecule has 2 heteroatoms. The quantitative estimate of drug-likeness (QED) is 0.673. The SMILES string of the molecule is CCC/C(C#N)=C(\CCC)c1cccc(F)c1.